The predicted octanol–water partition coefficient (Wildman–Crippen LogP) is 1.62. The van der Waals surface area contributed by atoms with Crippen LogP contribution >= 0.6 is 0 Å². The molecule has 0 radical (unpaired) electrons. The molecule has 0 aromatic carbocycles. The molecule has 16 heavy (non-hydrogen) atoms. The van der Waals surface area contributed by atoms with Crippen LogP contribution in [0.2, 0.25) is 0 Å². The Morgan fingerprint density at radius 2 is 2.31 bits per heavy atom. The molecule has 2 aromatic rings. The number of fused-ring (bicyclic) bond motifs is 1. The molecule has 0 aliphatic heterocycles. The van der Waals surface area contributed by atoms with E-state index in [9.17, 15) is 4.79 Å². The molecule has 1 N–H and O–H groups in total. The van der Waals surface area contributed by atoms with Crippen molar-refractivity contribution >= 4 is 11.6 Å². The first-order valence-corrected chi connectivity index (χ1v) is 5.17. The van der Waals surface area contributed by atoms with Gasteiger partial charge in [0.15, 0.2) is 11.5 Å². The fourth-order valence-corrected chi connectivity index (χ4v) is 1.62. The van der Waals surface area contributed by atoms with Crippen molar-refractivity contribution in [2.75, 3.05) is 0 Å². The molecule has 0 spiro atoms. The van der Waals surface area contributed by atoms with Gasteiger partial charge in [0.25, 0.3) is 0 Å². The Bertz CT molecular complexity index is 533. The molecule has 0 aliphatic carbocycles. The highest BCUT2D eigenvalue weighted by molar-refractivity contribution is 5.74. The number of nitrogens with zero attached hydrogens (tertiary/aromatic N) is 3. The van der Waals surface area contributed by atoms with Gasteiger partial charge in [0.1, 0.15) is 5.92 Å². The number of aliphatic carboxylic acids is 1. The average molecular weight is 219 g/mol. The largest absolute Gasteiger partial charge is 0.481 e. The molecule has 0 saturated carbocycles. The van der Waals surface area contributed by atoms with E-state index in [1.807, 2.05) is 32.2 Å². The summed E-state index contributed by atoms with van der Waals surface area (Å²) in [5, 5.41) is 13.2. The van der Waals surface area contributed by atoms with Gasteiger partial charge in [0, 0.05) is 6.20 Å². The van der Waals surface area contributed by atoms with E-state index in [1.165, 1.54) is 0 Å². The van der Waals surface area contributed by atoms with Crippen LogP contribution in [0.5, 0.6) is 0 Å². The Balaban J connectivity index is 2.49. The van der Waals surface area contributed by atoms with Crippen LogP contribution in [-0.4, -0.2) is 25.7 Å². The van der Waals surface area contributed by atoms with Gasteiger partial charge in [-0.2, -0.15) is 5.10 Å². The van der Waals surface area contributed by atoms with Gasteiger partial charge < -0.3 is 5.11 Å². The second-order valence-corrected chi connectivity index (χ2v) is 3.78. The quantitative estimate of drug-likeness (QED) is 0.851. The van der Waals surface area contributed by atoms with E-state index in [4.69, 9.17) is 5.11 Å². The summed E-state index contributed by atoms with van der Waals surface area (Å²) in [6.45, 7) is 3.77. The summed E-state index contributed by atoms with van der Waals surface area (Å²) in [6, 6.07) is 3.76. The molecule has 5 heteroatoms. The standard InChI is InChI=1S/C11H13N3O2/c1-3-8(11(15)16)10-12-9-5-4-7(2)6-14(9)13-10/h4-6,8H,3H2,1-2H3,(H,15,16). The summed E-state index contributed by atoms with van der Waals surface area (Å²) in [5.41, 5.74) is 1.74. The number of hydrogen-bond donors (Lipinski definition) is 1. The molecular formula is C11H13N3O2. The van der Waals surface area contributed by atoms with Gasteiger partial charge in [-0.25, -0.2) is 9.50 Å². The molecule has 1 unspecified atom stereocenters. The van der Waals surface area contributed by atoms with Gasteiger partial charge in [-0.15, -0.1) is 0 Å². The molecule has 2 heterocycles. The number of rotatable bonds is 3. The molecule has 0 saturated heterocycles. The summed E-state index contributed by atoms with van der Waals surface area (Å²) in [7, 11) is 0. The summed E-state index contributed by atoms with van der Waals surface area (Å²) >= 11 is 0. The van der Waals surface area contributed by atoms with E-state index in [-0.39, 0.29) is 0 Å². The topological polar surface area (TPSA) is 67.5 Å². The van der Waals surface area contributed by atoms with Crippen LogP contribution in [-0.2, 0) is 4.79 Å². The van der Waals surface area contributed by atoms with Crippen molar-refractivity contribution < 1.29 is 9.90 Å². The number of pyridine rings is 1. The Hall–Kier alpha value is -1.91. The molecule has 0 amide bonds. The highest BCUT2D eigenvalue weighted by Gasteiger charge is 2.22. The van der Waals surface area contributed by atoms with E-state index in [0.29, 0.717) is 17.9 Å². The zero-order valence-corrected chi connectivity index (χ0v) is 9.21. The van der Waals surface area contributed by atoms with Crippen LogP contribution in [0.4, 0.5) is 0 Å². The van der Waals surface area contributed by atoms with Gasteiger partial charge in [-0.05, 0) is 25.0 Å². The number of carboxylic acid groups (broad SMARTS) is 1. The molecule has 1 atom stereocenters. The van der Waals surface area contributed by atoms with E-state index in [2.05, 4.69) is 10.1 Å². The van der Waals surface area contributed by atoms with Crippen LogP contribution in [0.3, 0.4) is 0 Å². The first-order chi connectivity index (χ1) is 7.61. The fourth-order valence-electron chi connectivity index (χ4n) is 1.62. The molecule has 0 bridgehead atoms. The minimum absolute atomic E-state index is 0.376. The third kappa shape index (κ3) is 1.76. The normalized spacial score (nSPS) is 12.9. The first-order valence-electron chi connectivity index (χ1n) is 5.17. The van der Waals surface area contributed by atoms with Crippen LogP contribution in [0, 0.1) is 6.92 Å². The maximum absolute atomic E-state index is 11.0. The Morgan fingerprint density at radius 1 is 1.56 bits per heavy atom. The van der Waals surface area contributed by atoms with Crippen molar-refractivity contribution in [2.45, 2.75) is 26.2 Å². The highest BCUT2D eigenvalue weighted by Crippen LogP contribution is 2.17. The summed E-state index contributed by atoms with van der Waals surface area (Å²) in [6.07, 6.45) is 2.33. The smallest absolute Gasteiger partial charge is 0.314 e. The molecule has 5 nitrogen and oxygen atoms in total. The van der Waals surface area contributed by atoms with Gasteiger partial charge in [0.2, 0.25) is 0 Å². The Kier molecular flexibility index (Phi) is 2.60. The highest BCUT2D eigenvalue weighted by atomic mass is 16.4. The van der Waals surface area contributed by atoms with Crippen LogP contribution in [0.1, 0.15) is 30.7 Å². The SMILES string of the molecule is CCC(C(=O)O)c1nc2ccc(C)cn2n1. The first kappa shape index (κ1) is 10.6. The van der Waals surface area contributed by atoms with Crippen LogP contribution < -0.4 is 0 Å². The molecular weight excluding hydrogens is 206 g/mol. The van der Waals surface area contributed by atoms with Crippen molar-refractivity contribution in [3.8, 4) is 0 Å². The van der Waals surface area contributed by atoms with Crippen LogP contribution in [0.15, 0.2) is 18.3 Å². The molecule has 2 aromatic heterocycles. The van der Waals surface area contributed by atoms with Gasteiger partial charge in [-0.3, -0.25) is 4.79 Å². The molecule has 2 rings (SSSR count). The Labute approximate surface area is 92.7 Å². The van der Waals surface area contributed by atoms with Gasteiger partial charge in [-0.1, -0.05) is 13.0 Å². The number of hydrogen-bond acceptors (Lipinski definition) is 3. The lowest BCUT2D eigenvalue weighted by Crippen LogP contribution is -2.12. The van der Waals surface area contributed by atoms with E-state index < -0.39 is 11.9 Å². The van der Waals surface area contributed by atoms with Crippen molar-refractivity contribution in [2.24, 2.45) is 0 Å². The summed E-state index contributed by atoms with van der Waals surface area (Å²) in [5.74, 6) is -1.13. The summed E-state index contributed by atoms with van der Waals surface area (Å²) in [4.78, 5) is 15.2. The lowest BCUT2D eigenvalue weighted by Gasteiger charge is -2.02. The molecule has 84 valence electrons. The second-order valence-electron chi connectivity index (χ2n) is 3.78. The van der Waals surface area contributed by atoms with Crippen molar-refractivity contribution in [1.29, 1.82) is 0 Å². The number of carbonyl (C=O) groups is 1. The number of aryl methyl sites for hydroxylation is 1. The monoisotopic (exact) mass is 219 g/mol. The summed E-state index contributed by atoms with van der Waals surface area (Å²) < 4.78 is 1.62. The fraction of sp³-hybridized carbons (Fsp3) is 0.364. The number of carboxylic acids is 1. The van der Waals surface area contributed by atoms with Crippen molar-refractivity contribution in [1.82, 2.24) is 14.6 Å². The second kappa shape index (κ2) is 3.92. The minimum Gasteiger partial charge on any atom is -0.481 e. The van der Waals surface area contributed by atoms with E-state index >= 15 is 0 Å². The van der Waals surface area contributed by atoms with Gasteiger partial charge in [0.05, 0.1) is 0 Å². The number of aromatic nitrogens is 3. The van der Waals surface area contributed by atoms with Crippen molar-refractivity contribution in [3.63, 3.8) is 0 Å². The van der Waals surface area contributed by atoms with Crippen LogP contribution in [0.25, 0.3) is 5.65 Å². The van der Waals surface area contributed by atoms with Crippen molar-refractivity contribution in [3.05, 3.63) is 29.7 Å². The molecule has 0 aliphatic rings. The van der Waals surface area contributed by atoms with E-state index in [1.54, 1.807) is 4.52 Å². The lowest BCUT2D eigenvalue weighted by atomic mass is 10.1. The lowest BCUT2D eigenvalue weighted by molar-refractivity contribution is -0.139. The average Bonchev–Trinajstić information content (AvgIpc) is 2.60. The minimum atomic E-state index is -0.880. The zero-order valence-electron chi connectivity index (χ0n) is 9.21. The third-order valence-corrected chi connectivity index (χ3v) is 2.51. The maximum Gasteiger partial charge on any atom is 0.314 e. The third-order valence-electron chi connectivity index (χ3n) is 2.51. The van der Waals surface area contributed by atoms with E-state index in [0.717, 1.165) is 5.56 Å². The molecule has 0 fully saturated rings. The van der Waals surface area contributed by atoms with Gasteiger partial charge >= 0.3 is 5.97 Å². The predicted molar refractivity (Wildman–Crippen MR) is 58.4 cm³/mol. The Morgan fingerprint density at radius 3 is 2.94 bits per heavy atom. The maximum atomic E-state index is 11.0. The zero-order chi connectivity index (χ0) is 11.7.